The first-order valence-corrected chi connectivity index (χ1v) is 7.61. The normalized spacial score (nSPS) is 12.1. The number of hydrogen-bond acceptors (Lipinski definition) is 2. The highest BCUT2D eigenvalue weighted by molar-refractivity contribution is 9.10. The van der Waals surface area contributed by atoms with Gasteiger partial charge >= 0.3 is 0 Å². The number of benzene rings is 2. The van der Waals surface area contributed by atoms with Crippen LogP contribution in [0.4, 0.5) is 4.39 Å². The molecule has 2 nitrogen and oxygen atoms in total. The standard InChI is InChI=1S/C17H17BrFNO/c18-16-11-14(19)7-6-13(16)10-15(21)8-9-17(20)12-4-2-1-3-5-12/h1-7,11,17H,8-10,20H2. The second kappa shape index (κ2) is 7.48. The van der Waals surface area contributed by atoms with Crippen molar-refractivity contribution in [3.05, 3.63) is 69.9 Å². The van der Waals surface area contributed by atoms with Crippen molar-refractivity contribution in [2.75, 3.05) is 0 Å². The van der Waals surface area contributed by atoms with E-state index in [1.165, 1.54) is 12.1 Å². The van der Waals surface area contributed by atoms with Crippen LogP contribution in [-0.4, -0.2) is 5.78 Å². The van der Waals surface area contributed by atoms with Crippen molar-refractivity contribution >= 4 is 21.7 Å². The number of hydrogen-bond donors (Lipinski definition) is 1. The van der Waals surface area contributed by atoms with E-state index in [2.05, 4.69) is 15.9 Å². The second-order valence-corrected chi connectivity index (χ2v) is 5.86. The van der Waals surface area contributed by atoms with E-state index in [-0.39, 0.29) is 17.6 Å². The van der Waals surface area contributed by atoms with E-state index >= 15 is 0 Å². The van der Waals surface area contributed by atoms with E-state index in [4.69, 9.17) is 5.73 Å². The SMILES string of the molecule is NC(CCC(=O)Cc1ccc(F)cc1Br)c1ccccc1. The Morgan fingerprint density at radius 2 is 1.90 bits per heavy atom. The van der Waals surface area contributed by atoms with E-state index in [9.17, 15) is 9.18 Å². The first-order chi connectivity index (χ1) is 10.1. The van der Waals surface area contributed by atoms with Gasteiger partial charge in [-0.05, 0) is 29.7 Å². The summed E-state index contributed by atoms with van der Waals surface area (Å²) >= 11 is 3.28. The van der Waals surface area contributed by atoms with Crippen LogP contribution in [0.25, 0.3) is 0 Å². The minimum absolute atomic E-state index is 0.105. The molecule has 0 amide bonds. The quantitative estimate of drug-likeness (QED) is 0.849. The number of halogens is 2. The van der Waals surface area contributed by atoms with Crippen molar-refractivity contribution in [1.29, 1.82) is 0 Å². The van der Waals surface area contributed by atoms with Gasteiger partial charge in [0.25, 0.3) is 0 Å². The van der Waals surface area contributed by atoms with Crippen molar-refractivity contribution in [2.45, 2.75) is 25.3 Å². The van der Waals surface area contributed by atoms with Crippen LogP contribution < -0.4 is 5.73 Å². The molecule has 0 bridgehead atoms. The topological polar surface area (TPSA) is 43.1 Å². The zero-order valence-electron chi connectivity index (χ0n) is 11.6. The largest absolute Gasteiger partial charge is 0.324 e. The highest BCUT2D eigenvalue weighted by Crippen LogP contribution is 2.20. The molecule has 1 unspecified atom stereocenters. The molecule has 0 aromatic heterocycles. The van der Waals surface area contributed by atoms with Crippen molar-refractivity contribution in [3.63, 3.8) is 0 Å². The molecule has 2 rings (SSSR count). The average Bonchev–Trinajstić information content (AvgIpc) is 2.48. The molecule has 0 heterocycles. The summed E-state index contributed by atoms with van der Waals surface area (Å²) in [7, 11) is 0. The van der Waals surface area contributed by atoms with Gasteiger partial charge in [-0.3, -0.25) is 4.79 Å². The Morgan fingerprint density at radius 3 is 2.57 bits per heavy atom. The average molecular weight is 350 g/mol. The van der Waals surface area contributed by atoms with Crippen LogP contribution in [0.1, 0.15) is 30.0 Å². The molecular weight excluding hydrogens is 333 g/mol. The van der Waals surface area contributed by atoms with Gasteiger partial charge in [-0.1, -0.05) is 52.3 Å². The second-order valence-electron chi connectivity index (χ2n) is 5.01. The fraction of sp³-hybridized carbons (Fsp3) is 0.235. The number of Topliss-reactive ketones (excluding diaryl/α,β-unsaturated/α-hetero) is 1. The van der Waals surface area contributed by atoms with Gasteiger partial charge in [0.2, 0.25) is 0 Å². The number of carbonyl (C=O) groups excluding carboxylic acids is 1. The van der Waals surface area contributed by atoms with Crippen LogP contribution in [0, 0.1) is 5.82 Å². The molecule has 0 aliphatic rings. The van der Waals surface area contributed by atoms with Gasteiger partial charge in [0.15, 0.2) is 0 Å². The van der Waals surface area contributed by atoms with Gasteiger partial charge in [0.05, 0.1) is 0 Å². The highest BCUT2D eigenvalue weighted by atomic mass is 79.9. The Morgan fingerprint density at radius 1 is 1.19 bits per heavy atom. The first kappa shape index (κ1) is 15.9. The van der Waals surface area contributed by atoms with E-state index in [1.54, 1.807) is 6.07 Å². The summed E-state index contributed by atoms with van der Waals surface area (Å²) in [6, 6.07) is 14.0. The number of ketones is 1. The van der Waals surface area contributed by atoms with E-state index in [0.717, 1.165) is 11.1 Å². The van der Waals surface area contributed by atoms with Gasteiger partial charge in [-0.15, -0.1) is 0 Å². The Bertz CT molecular complexity index is 615. The minimum atomic E-state index is -0.316. The molecule has 0 radical (unpaired) electrons. The molecule has 4 heteroatoms. The Balaban J connectivity index is 1.87. The smallest absolute Gasteiger partial charge is 0.137 e. The molecule has 0 spiro atoms. The third kappa shape index (κ3) is 4.76. The van der Waals surface area contributed by atoms with Crippen molar-refractivity contribution in [2.24, 2.45) is 5.73 Å². The van der Waals surface area contributed by atoms with Crippen molar-refractivity contribution < 1.29 is 9.18 Å². The lowest BCUT2D eigenvalue weighted by atomic mass is 9.99. The molecule has 0 saturated carbocycles. The fourth-order valence-electron chi connectivity index (χ4n) is 2.15. The Labute approximate surface area is 132 Å². The summed E-state index contributed by atoms with van der Waals surface area (Å²) < 4.78 is 13.6. The predicted octanol–water partition coefficient (Wildman–Crippen LogP) is 4.18. The zero-order valence-corrected chi connectivity index (χ0v) is 13.1. The molecule has 0 fully saturated rings. The molecular formula is C17H17BrFNO. The van der Waals surface area contributed by atoms with E-state index in [0.29, 0.717) is 23.7 Å². The summed E-state index contributed by atoms with van der Waals surface area (Å²) in [5.41, 5.74) is 7.91. The van der Waals surface area contributed by atoms with Crippen LogP contribution in [0.5, 0.6) is 0 Å². The van der Waals surface area contributed by atoms with Crippen LogP contribution in [0.3, 0.4) is 0 Å². The summed E-state index contributed by atoms with van der Waals surface area (Å²) in [6.07, 6.45) is 1.32. The molecule has 2 aromatic carbocycles. The van der Waals surface area contributed by atoms with Crippen LogP contribution >= 0.6 is 15.9 Å². The van der Waals surface area contributed by atoms with Crippen LogP contribution in [0.15, 0.2) is 53.0 Å². The summed E-state index contributed by atoms with van der Waals surface area (Å²) in [5.74, 6) is -0.210. The monoisotopic (exact) mass is 349 g/mol. The molecule has 0 aliphatic heterocycles. The maximum absolute atomic E-state index is 13.0. The molecule has 21 heavy (non-hydrogen) atoms. The molecule has 0 aliphatic carbocycles. The van der Waals surface area contributed by atoms with Gasteiger partial charge in [-0.2, -0.15) is 0 Å². The third-order valence-electron chi connectivity index (χ3n) is 3.36. The highest BCUT2D eigenvalue weighted by Gasteiger charge is 2.11. The Kier molecular flexibility index (Phi) is 5.65. The number of nitrogens with two attached hydrogens (primary N) is 1. The lowest BCUT2D eigenvalue weighted by molar-refractivity contribution is -0.118. The van der Waals surface area contributed by atoms with Gasteiger partial charge < -0.3 is 5.73 Å². The Hall–Kier alpha value is -1.52. The van der Waals surface area contributed by atoms with Crippen molar-refractivity contribution in [3.8, 4) is 0 Å². The molecule has 110 valence electrons. The zero-order chi connectivity index (χ0) is 15.2. The third-order valence-corrected chi connectivity index (χ3v) is 4.10. The summed E-state index contributed by atoms with van der Waals surface area (Å²) in [4.78, 5) is 12.0. The molecule has 1 atom stereocenters. The maximum Gasteiger partial charge on any atom is 0.137 e. The minimum Gasteiger partial charge on any atom is -0.324 e. The van der Waals surface area contributed by atoms with E-state index in [1.807, 2.05) is 30.3 Å². The van der Waals surface area contributed by atoms with Gasteiger partial charge in [0, 0.05) is 23.4 Å². The first-order valence-electron chi connectivity index (χ1n) is 6.82. The van der Waals surface area contributed by atoms with Crippen LogP contribution in [-0.2, 0) is 11.2 Å². The fourth-order valence-corrected chi connectivity index (χ4v) is 2.64. The molecule has 0 saturated heterocycles. The maximum atomic E-state index is 13.0. The molecule has 2 aromatic rings. The van der Waals surface area contributed by atoms with Gasteiger partial charge in [-0.25, -0.2) is 4.39 Å². The number of rotatable bonds is 6. The lowest BCUT2D eigenvalue weighted by Gasteiger charge is -2.11. The summed E-state index contributed by atoms with van der Waals surface area (Å²) in [6.45, 7) is 0. The molecule has 2 N–H and O–H groups in total. The summed E-state index contributed by atoms with van der Waals surface area (Å²) in [5, 5.41) is 0. The predicted molar refractivity (Wildman–Crippen MR) is 85.4 cm³/mol. The lowest BCUT2D eigenvalue weighted by Crippen LogP contribution is -2.13. The van der Waals surface area contributed by atoms with Gasteiger partial charge in [0.1, 0.15) is 11.6 Å². The number of carbonyl (C=O) groups is 1. The van der Waals surface area contributed by atoms with Crippen LogP contribution in [0.2, 0.25) is 0 Å². The van der Waals surface area contributed by atoms with Crippen molar-refractivity contribution in [1.82, 2.24) is 0 Å². The van der Waals surface area contributed by atoms with E-state index < -0.39 is 0 Å².